The van der Waals surface area contributed by atoms with Crippen LogP contribution in [0.2, 0.25) is 0 Å². The summed E-state index contributed by atoms with van der Waals surface area (Å²) in [6.45, 7) is 1.83. The van der Waals surface area contributed by atoms with Gasteiger partial charge in [-0.3, -0.25) is 4.79 Å². The maximum Gasteiger partial charge on any atom is 0.315 e. The van der Waals surface area contributed by atoms with Gasteiger partial charge in [-0.1, -0.05) is 34.1 Å². The molecule has 3 atom stereocenters. The van der Waals surface area contributed by atoms with Gasteiger partial charge in [-0.05, 0) is 49.1 Å². The molecule has 1 aliphatic rings. The van der Waals surface area contributed by atoms with Crippen molar-refractivity contribution in [3.8, 4) is 0 Å². The second kappa shape index (κ2) is 10.1. The van der Waals surface area contributed by atoms with Crippen molar-refractivity contribution < 1.29 is 22.7 Å². The maximum absolute atomic E-state index is 13.1. The van der Waals surface area contributed by atoms with Crippen LogP contribution in [-0.2, 0) is 19.4 Å². The number of carbonyl (C=O) groups is 2. The Morgan fingerprint density at radius 2 is 1.90 bits per heavy atom. The molecule has 0 aromatic heterocycles. The van der Waals surface area contributed by atoms with Gasteiger partial charge in [-0.15, -0.1) is 11.8 Å². The zero-order chi connectivity index (χ0) is 22.6. The van der Waals surface area contributed by atoms with Gasteiger partial charge in [0.25, 0.3) is 0 Å². The molecule has 0 bridgehead atoms. The number of ether oxygens (including phenoxy) is 1. The first kappa shape index (κ1) is 23.6. The molecular formula is C21H23BrN2O5S2. The molecule has 1 fully saturated rings. The van der Waals surface area contributed by atoms with Crippen LogP contribution in [0.25, 0.3) is 0 Å². The van der Waals surface area contributed by atoms with Gasteiger partial charge in [0.15, 0.2) is 9.84 Å². The van der Waals surface area contributed by atoms with E-state index in [4.69, 9.17) is 4.74 Å². The molecule has 166 valence electrons. The Kier molecular flexibility index (Phi) is 7.66. The highest BCUT2D eigenvalue weighted by atomic mass is 79.9. The van der Waals surface area contributed by atoms with Gasteiger partial charge in [0.05, 0.1) is 29.3 Å². The third kappa shape index (κ3) is 5.61. The Labute approximate surface area is 194 Å². The number of benzene rings is 2. The molecule has 0 spiro atoms. The average molecular weight is 527 g/mol. The molecule has 2 N–H and O–H groups in total. The zero-order valence-electron chi connectivity index (χ0n) is 17.0. The van der Waals surface area contributed by atoms with Crippen LogP contribution in [0.1, 0.15) is 18.5 Å². The lowest BCUT2D eigenvalue weighted by Gasteiger charge is -2.38. The SMILES string of the molecule is CCOC(=O)C1C(CS(=O)(=O)c2cccc(Br)c2)NC(=O)NC1c1cccc(SC)c1. The number of hydrogen-bond donors (Lipinski definition) is 2. The smallest absolute Gasteiger partial charge is 0.315 e. The van der Waals surface area contributed by atoms with Gasteiger partial charge in [0, 0.05) is 9.37 Å². The van der Waals surface area contributed by atoms with Crippen LogP contribution in [0.15, 0.2) is 62.8 Å². The van der Waals surface area contributed by atoms with Crippen LogP contribution in [0.3, 0.4) is 0 Å². The van der Waals surface area contributed by atoms with Crippen molar-refractivity contribution in [2.45, 2.75) is 28.8 Å². The Morgan fingerprint density at radius 3 is 2.58 bits per heavy atom. The van der Waals surface area contributed by atoms with Crippen molar-refractivity contribution in [2.75, 3.05) is 18.6 Å². The topological polar surface area (TPSA) is 102 Å². The van der Waals surface area contributed by atoms with Crippen molar-refractivity contribution >= 4 is 49.5 Å². The molecule has 1 heterocycles. The minimum absolute atomic E-state index is 0.109. The molecule has 2 aromatic carbocycles. The third-order valence-corrected chi connectivity index (χ3v) is 7.95. The molecule has 0 saturated carbocycles. The van der Waals surface area contributed by atoms with Gasteiger partial charge in [-0.25, -0.2) is 13.2 Å². The number of thioether (sulfide) groups is 1. The molecular weight excluding hydrogens is 504 g/mol. The average Bonchev–Trinajstić information content (AvgIpc) is 2.73. The minimum Gasteiger partial charge on any atom is -0.466 e. The number of hydrogen-bond acceptors (Lipinski definition) is 6. The van der Waals surface area contributed by atoms with E-state index in [0.717, 1.165) is 4.90 Å². The van der Waals surface area contributed by atoms with Crippen LogP contribution < -0.4 is 10.6 Å². The second-order valence-corrected chi connectivity index (χ2v) is 10.8. The molecule has 2 aromatic rings. The summed E-state index contributed by atoms with van der Waals surface area (Å²) >= 11 is 4.81. The minimum atomic E-state index is -3.79. The van der Waals surface area contributed by atoms with Gasteiger partial charge >= 0.3 is 12.0 Å². The monoisotopic (exact) mass is 526 g/mol. The third-order valence-electron chi connectivity index (χ3n) is 4.96. The lowest BCUT2D eigenvalue weighted by atomic mass is 9.86. The lowest BCUT2D eigenvalue weighted by molar-refractivity contribution is -0.150. The largest absolute Gasteiger partial charge is 0.466 e. The van der Waals surface area contributed by atoms with E-state index >= 15 is 0 Å². The molecule has 3 rings (SSSR count). The van der Waals surface area contributed by atoms with E-state index in [2.05, 4.69) is 26.6 Å². The Bertz CT molecular complexity index is 1080. The number of urea groups is 1. The predicted octanol–water partition coefficient (Wildman–Crippen LogP) is 3.55. The molecule has 10 heteroatoms. The van der Waals surface area contributed by atoms with Crippen LogP contribution >= 0.6 is 27.7 Å². The molecule has 2 amide bonds. The lowest BCUT2D eigenvalue weighted by Crippen LogP contribution is -2.60. The van der Waals surface area contributed by atoms with Gasteiger partial charge < -0.3 is 15.4 Å². The van der Waals surface area contributed by atoms with Gasteiger partial charge in [-0.2, -0.15) is 0 Å². The van der Waals surface area contributed by atoms with Crippen molar-refractivity contribution in [2.24, 2.45) is 5.92 Å². The summed E-state index contributed by atoms with van der Waals surface area (Å²) in [4.78, 5) is 26.4. The molecule has 1 saturated heterocycles. The summed E-state index contributed by atoms with van der Waals surface area (Å²) in [6, 6.07) is 11.6. The van der Waals surface area contributed by atoms with Crippen molar-refractivity contribution in [3.63, 3.8) is 0 Å². The summed E-state index contributed by atoms with van der Waals surface area (Å²) in [5, 5.41) is 5.40. The molecule has 31 heavy (non-hydrogen) atoms. The van der Waals surface area contributed by atoms with E-state index in [1.807, 2.05) is 30.5 Å². The van der Waals surface area contributed by atoms with Gasteiger partial charge in [0.1, 0.15) is 5.92 Å². The fourth-order valence-electron chi connectivity index (χ4n) is 3.57. The van der Waals surface area contributed by atoms with Crippen molar-refractivity contribution in [1.82, 2.24) is 10.6 Å². The fourth-order valence-corrected chi connectivity index (χ4v) is 6.13. The number of sulfone groups is 1. The molecule has 1 aliphatic heterocycles. The number of amides is 2. The highest BCUT2D eigenvalue weighted by molar-refractivity contribution is 9.10. The standard InChI is InChI=1S/C21H23BrN2O5S2/c1-3-29-20(25)18-17(12-31(27,28)16-9-5-7-14(22)11-16)23-21(26)24-19(18)13-6-4-8-15(10-13)30-2/h4-11,17-19H,3,12H2,1-2H3,(H2,23,24,26). The first-order valence-electron chi connectivity index (χ1n) is 9.61. The van der Waals surface area contributed by atoms with E-state index in [9.17, 15) is 18.0 Å². The van der Waals surface area contributed by atoms with E-state index in [1.54, 1.807) is 19.1 Å². The quantitative estimate of drug-likeness (QED) is 0.422. The molecule has 0 radical (unpaired) electrons. The maximum atomic E-state index is 13.1. The number of carbonyl (C=O) groups excluding carboxylic acids is 2. The first-order chi connectivity index (χ1) is 14.7. The fraction of sp³-hybridized carbons (Fsp3) is 0.333. The molecule has 3 unspecified atom stereocenters. The van der Waals surface area contributed by atoms with E-state index < -0.39 is 45.6 Å². The van der Waals surface area contributed by atoms with Crippen molar-refractivity contribution in [3.05, 3.63) is 58.6 Å². The van der Waals surface area contributed by atoms with Gasteiger partial charge in [0.2, 0.25) is 0 Å². The van der Waals surface area contributed by atoms with Crippen LogP contribution in [0, 0.1) is 5.92 Å². The molecule has 7 nitrogen and oxygen atoms in total. The highest BCUT2D eigenvalue weighted by Gasteiger charge is 2.45. The van der Waals surface area contributed by atoms with Crippen LogP contribution in [-0.4, -0.2) is 45.1 Å². The summed E-state index contributed by atoms with van der Waals surface area (Å²) in [6.07, 6.45) is 1.93. The van der Waals surface area contributed by atoms with E-state index in [0.29, 0.717) is 10.0 Å². The van der Waals surface area contributed by atoms with Crippen molar-refractivity contribution in [1.29, 1.82) is 0 Å². The molecule has 0 aliphatic carbocycles. The van der Waals surface area contributed by atoms with Crippen LogP contribution in [0.4, 0.5) is 4.79 Å². The number of halogens is 1. The summed E-state index contributed by atoms with van der Waals surface area (Å²) in [7, 11) is -3.79. The summed E-state index contributed by atoms with van der Waals surface area (Å²) in [5.74, 6) is -1.92. The Balaban J connectivity index is 2.00. The summed E-state index contributed by atoms with van der Waals surface area (Å²) < 4.78 is 32.0. The number of rotatable bonds is 7. The second-order valence-electron chi connectivity index (χ2n) is 7.00. The van der Waals surface area contributed by atoms with Crippen LogP contribution in [0.5, 0.6) is 0 Å². The predicted molar refractivity (Wildman–Crippen MR) is 123 cm³/mol. The summed E-state index contributed by atoms with van der Waals surface area (Å²) in [5.41, 5.74) is 0.713. The normalized spacial score (nSPS) is 21.1. The van der Waals surface area contributed by atoms with E-state index in [-0.39, 0.29) is 11.5 Å². The number of nitrogens with one attached hydrogen (secondary N) is 2. The Hall–Kier alpha value is -2.04. The first-order valence-corrected chi connectivity index (χ1v) is 13.3. The number of esters is 1. The van der Waals surface area contributed by atoms with E-state index in [1.165, 1.54) is 23.9 Å². The Morgan fingerprint density at radius 1 is 1.16 bits per heavy atom. The highest BCUT2D eigenvalue weighted by Crippen LogP contribution is 2.32. The zero-order valence-corrected chi connectivity index (χ0v) is 20.2.